The molecular formula is C20H40N6. The third-order valence-electron chi connectivity index (χ3n) is 2.32. The van der Waals surface area contributed by atoms with Crippen molar-refractivity contribution in [3.63, 3.8) is 0 Å². The lowest BCUT2D eigenvalue weighted by Crippen LogP contribution is -1.86. The van der Waals surface area contributed by atoms with E-state index in [4.69, 9.17) is 0 Å². The van der Waals surface area contributed by atoms with Gasteiger partial charge in [0.15, 0.2) is 0 Å². The zero-order chi connectivity index (χ0) is 21.0. The van der Waals surface area contributed by atoms with Crippen molar-refractivity contribution in [3.8, 4) is 0 Å². The Morgan fingerprint density at radius 3 is 1.42 bits per heavy atom. The minimum Gasteiger partial charge on any atom is -0.276 e. The van der Waals surface area contributed by atoms with Gasteiger partial charge in [0, 0.05) is 45.9 Å². The summed E-state index contributed by atoms with van der Waals surface area (Å²) < 4.78 is 5.32. The number of aromatic nitrogens is 6. The number of nitrogens with zero attached hydrogens (tertiary/aromatic N) is 6. The monoisotopic (exact) mass is 364 g/mol. The molecule has 6 nitrogen and oxygen atoms in total. The van der Waals surface area contributed by atoms with Crippen molar-refractivity contribution in [1.29, 1.82) is 0 Å². The Hall–Kier alpha value is -2.37. The van der Waals surface area contributed by atoms with E-state index in [1.807, 2.05) is 113 Å². The van der Waals surface area contributed by atoms with E-state index in [1.165, 1.54) is 5.56 Å². The lowest BCUT2D eigenvalue weighted by molar-refractivity contribution is 0.756. The van der Waals surface area contributed by atoms with Crippen LogP contribution in [0.3, 0.4) is 0 Å². The van der Waals surface area contributed by atoms with Crippen LogP contribution in [0, 0.1) is 13.8 Å². The average molecular weight is 365 g/mol. The van der Waals surface area contributed by atoms with E-state index in [2.05, 4.69) is 15.3 Å². The molecule has 0 saturated carbocycles. The molecule has 3 aromatic heterocycles. The van der Waals surface area contributed by atoms with E-state index >= 15 is 0 Å². The molecule has 26 heavy (non-hydrogen) atoms. The van der Waals surface area contributed by atoms with E-state index in [9.17, 15) is 0 Å². The van der Waals surface area contributed by atoms with Gasteiger partial charge in [-0.15, -0.1) is 0 Å². The second-order valence-electron chi connectivity index (χ2n) is 4.50. The molecule has 0 atom stereocenters. The fraction of sp³-hybridized carbons (Fsp3) is 0.550. The summed E-state index contributed by atoms with van der Waals surface area (Å²) in [5.74, 6) is 0. The van der Waals surface area contributed by atoms with Gasteiger partial charge in [0.2, 0.25) is 0 Å². The van der Waals surface area contributed by atoms with Crippen molar-refractivity contribution in [2.75, 3.05) is 0 Å². The highest BCUT2D eigenvalue weighted by atomic mass is 15.2. The lowest BCUT2D eigenvalue weighted by atomic mass is 10.4. The molecule has 0 saturated heterocycles. The maximum atomic E-state index is 4.03. The fourth-order valence-corrected chi connectivity index (χ4v) is 1.42. The molecule has 0 radical (unpaired) electrons. The van der Waals surface area contributed by atoms with Crippen LogP contribution in [0.5, 0.6) is 0 Å². The first-order chi connectivity index (χ1) is 12.5. The van der Waals surface area contributed by atoms with Crippen molar-refractivity contribution >= 4 is 0 Å². The number of hydrogen-bond acceptors (Lipinski definition) is 3. The summed E-state index contributed by atoms with van der Waals surface area (Å²) in [4.78, 5) is 0. The van der Waals surface area contributed by atoms with E-state index in [-0.39, 0.29) is 0 Å². The number of rotatable bonds is 0. The molecule has 3 aromatic rings. The Morgan fingerprint density at radius 1 is 0.731 bits per heavy atom. The maximum Gasteiger partial charge on any atom is 0.0593 e. The molecule has 3 heterocycles. The largest absolute Gasteiger partial charge is 0.276 e. The maximum absolute atomic E-state index is 4.03. The van der Waals surface area contributed by atoms with Crippen LogP contribution in [0.25, 0.3) is 0 Å². The molecule has 150 valence electrons. The van der Waals surface area contributed by atoms with Gasteiger partial charge in [0.05, 0.1) is 11.9 Å². The third-order valence-corrected chi connectivity index (χ3v) is 2.32. The van der Waals surface area contributed by atoms with Crippen LogP contribution >= 0.6 is 0 Å². The van der Waals surface area contributed by atoms with Gasteiger partial charge in [0.25, 0.3) is 0 Å². The van der Waals surface area contributed by atoms with Gasteiger partial charge in [-0.2, -0.15) is 15.3 Å². The van der Waals surface area contributed by atoms with Crippen molar-refractivity contribution in [2.24, 2.45) is 21.1 Å². The first-order valence-corrected chi connectivity index (χ1v) is 9.32. The normalized spacial score (nSPS) is 7.81. The zero-order valence-corrected chi connectivity index (χ0v) is 18.7. The molecule has 0 N–H and O–H groups in total. The summed E-state index contributed by atoms with van der Waals surface area (Å²) in [6.07, 6.45) is 9.37. The summed E-state index contributed by atoms with van der Waals surface area (Å²) >= 11 is 0. The Labute approximate surface area is 160 Å². The highest BCUT2D eigenvalue weighted by molar-refractivity contribution is 4.98. The van der Waals surface area contributed by atoms with Crippen LogP contribution < -0.4 is 0 Å². The summed E-state index contributed by atoms with van der Waals surface area (Å²) in [5, 5.41) is 11.8. The van der Waals surface area contributed by atoms with Crippen molar-refractivity contribution < 1.29 is 0 Å². The van der Waals surface area contributed by atoms with Gasteiger partial charge >= 0.3 is 0 Å². The molecule has 0 bridgehead atoms. The molecular weight excluding hydrogens is 324 g/mol. The molecule has 6 heteroatoms. The molecule has 0 aliphatic rings. The van der Waals surface area contributed by atoms with Crippen LogP contribution in [0.4, 0.5) is 0 Å². The lowest BCUT2D eigenvalue weighted by Gasteiger charge is -1.79. The summed E-state index contributed by atoms with van der Waals surface area (Å²) in [7, 11) is 5.71. The Morgan fingerprint density at radius 2 is 1.31 bits per heavy atom. The van der Waals surface area contributed by atoms with Gasteiger partial charge in [-0.05, 0) is 31.5 Å². The second kappa shape index (κ2) is 20.7. The summed E-state index contributed by atoms with van der Waals surface area (Å²) in [6, 6.07) is 3.86. The van der Waals surface area contributed by atoms with Crippen molar-refractivity contribution in [1.82, 2.24) is 29.3 Å². The first-order valence-electron chi connectivity index (χ1n) is 9.32. The van der Waals surface area contributed by atoms with Gasteiger partial charge in [-0.1, -0.05) is 41.5 Å². The fourth-order valence-electron chi connectivity index (χ4n) is 1.42. The minimum atomic E-state index is 1.07. The molecule has 3 rings (SSSR count). The zero-order valence-electron chi connectivity index (χ0n) is 18.7. The average Bonchev–Trinajstić information content (AvgIpc) is 3.39. The van der Waals surface area contributed by atoms with Crippen molar-refractivity contribution in [2.45, 2.75) is 55.4 Å². The van der Waals surface area contributed by atoms with E-state index in [0.29, 0.717) is 0 Å². The van der Waals surface area contributed by atoms with E-state index < -0.39 is 0 Å². The Kier molecular flexibility index (Phi) is 22.6. The first kappa shape index (κ1) is 28.4. The number of hydrogen-bond donors (Lipinski definition) is 0. The molecule has 0 amide bonds. The smallest absolute Gasteiger partial charge is 0.0593 e. The van der Waals surface area contributed by atoms with Crippen LogP contribution in [-0.2, 0) is 21.1 Å². The van der Waals surface area contributed by atoms with E-state index in [1.54, 1.807) is 20.2 Å². The van der Waals surface area contributed by atoms with Gasteiger partial charge in [-0.3, -0.25) is 14.0 Å². The summed E-state index contributed by atoms with van der Waals surface area (Å²) in [5.41, 5.74) is 2.28. The summed E-state index contributed by atoms with van der Waals surface area (Å²) in [6.45, 7) is 16.0. The third kappa shape index (κ3) is 18.0. The number of aryl methyl sites for hydroxylation is 5. The Balaban J connectivity index is -0.000000267. The molecule has 0 fully saturated rings. The van der Waals surface area contributed by atoms with Crippen LogP contribution in [0.2, 0.25) is 0 Å². The highest BCUT2D eigenvalue weighted by Crippen LogP contribution is 1.89. The predicted molar refractivity (Wildman–Crippen MR) is 113 cm³/mol. The molecule has 0 aliphatic carbocycles. The van der Waals surface area contributed by atoms with Crippen LogP contribution in [0.1, 0.15) is 52.8 Å². The van der Waals surface area contributed by atoms with Gasteiger partial charge in [0.1, 0.15) is 0 Å². The molecule has 0 spiro atoms. The van der Waals surface area contributed by atoms with Gasteiger partial charge < -0.3 is 0 Å². The molecule has 0 aliphatic heterocycles. The minimum absolute atomic E-state index is 1.07. The quantitative estimate of drug-likeness (QED) is 0.567. The Bertz CT molecular complexity index is 522. The highest BCUT2D eigenvalue weighted by Gasteiger charge is 1.82. The van der Waals surface area contributed by atoms with Crippen molar-refractivity contribution in [3.05, 3.63) is 54.4 Å². The molecule has 0 aromatic carbocycles. The molecule has 0 unspecified atom stereocenters. The standard InChI is InChI=1S/2C5H8N2.C4H6N2.3C2H6/c1-5-3-6-7(2)4-5;1-5-3-4-7(2)6-5;1-6-4-2-3-5-6;3*1-2/h2*3-4H,1-2H3;2-4H,1H3;3*1-2H3. The topological polar surface area (TPSA) is 53.5 Å². The predicted octanol–water partition coefficient (Wildman–Crippen LogP) is 4.96. The SMILES string of the molecule is CC.CC.CC.Cc1ccn(C)n1.Cc1cnn(C)c1.Cn1cccn1. The van der Waals surface area contributed by atoms with E-state index in [0.717, 1.165) is 5.69 Å². The van der Waals surface area contributed by atoms with Crippen LogP contribution in [-0.4, -0.2) is 29.3 Å². The van der Waals surface area contributed by atoms with Gasteiger partial charge in [-0.25, -0.2) is 0 Å². The van der Waals surface area contributed by atoms with Crippen LogP contribution in [0.15, 0.2) is 43.1 Å². The second-order valence-corrected chi connectivity index (χ2v) is 4.50.